The van der Waals surface area contributed by atoms with Gasteiger partial charge in [-0.1, -0.05) is 11.6 Å². The number of nitrogens with one attached hydrogen (secondary N) is 1. The molecule has 160 valence electrons. The van der Waals surface area contributed by atoms with Crippen LogP contribution in [0.2, 0.25) is 5.02 Å². The Balaban J connectivity index is 1.20. The van der Waals surface area contributed by atoms with E-state index in [-0.39, 0.29) is 47.4 Å². The number of ether oxygens (including phenoxy) is 2. The van der Waals surface area contributed by atoms with Gasteiger partial charge in [0.25, 0.3) is 0 Å². The molecule has 0 spiro atoms. The second-order valence-corrected chi connectivity index (χ2v) is 9.00. The van der Waals surface area contributed by atoms with Crippen LogP contribution in [0.4, 0.5) is 5.69 Å². The molecule has 0 radical (unpaired) electrons. The van der Waals surface area contributed by atoms with Crippen molar-refractivity contribution in [3.8, 4) is 5.75 Å². The highest BCUT2D eigenvalue weighted by Gasteiger charge is 2.63. The zero-order valence-corrected chi connectivity index (χ0v) is 17.7. The smallest absolute Gasteiger partial charge is 0.310 e. The molecule has 2 aliphatic carbocycles. The summed E-state index contributed by atoms with van der Waals surface area (Å²) in [4.78, 5) is 37.5. The molecule has 31 heavy (non-hydrogen) atoms. The highest BCUT2D eigenvalue weighted by molar-refractivity contribution is 6.30. The van der Waals surface area contributed by atoms with Gasteiger partial charge in [-0.25, -0.2) is 0 Å². The lowest BCUT2D eigenvalue weighted by atomic mass is 9.79. The Morgan fingerprint density at radius 1 is 1.10 bits per heavy atom. The average molecular weight is 440 g/mol. The Hall–Kier alpha value is -2.86. The number of carbonyl (C=O) groups excluding carboxylic acids is 3. The molecule has 6 nitrogen and oxygen atoms in total. The van der Waals surface area contributed by atoms with Crippen molar-refractivity contribution in [2.75, 3.05) is 5.32 Å². The normalized spacial score (nSPS) is 28.8. The number of benzene rings is 2. The summed E-state index contributed by atoms with van der Waals surface area (Å²) in [6.07, 6.45) is 1.03. The highest BCUT2D eigenvalue weighted by atomic mass is 35.5. The van der Waals surface area contributed by atoms with Crippen molar-refractivity contribution in [2.45, 2.75) is 32.0 Å². The zero-order valence-electron chi connectivity index (χ0n) is 16.9. The number of Topliss-reactive ketones (excluding diaryl/α,β-unsaturated/α-hetero) is 1. The molecule has 1 saturated heterocycles. The molecule has 6 atom stereocenters. The number of ketones is 1. The van der Waals surface area contributed by atoms with Crippen molar-refractivity contribution >= 4 is 34.9 Å². The van der Waals surface area contributed by atoms with Crippen LogP contribution in [-0.4, -0.2) is 29.9 Å². The number of carbonyl (C=O) groups is 3. The van der Waals surface area contributed by atoms with Gasteiger partial charge in [0.2, 0.25) is 11.7 Å². The summed E-state index contributed by atoms with van der Waals surface area (Å²) in [5.41, 5.74) is 1.15. The molecule has 1 heterocycles. The molecule has 5 rings (SSSR count). The van der Waals surface area contributed by atoms with Gasteiger partial charge in [-0.15, -0.1) is 0 Å². The first-order valence-corrected chi connectivity index (χ1v) is 10.9. The van der Waals surface area contributed by atoms with Crippen LogP contribution in [-0.2, 0) is 14.3 Å². The summed E-state index contributed by atoms with van der Waals surface area (Å²) < 4.78 is 11.2. The number of hydrogen-bond donors (Lipinski definition) is 1. The van der Waals surface area contributed by atoms with Crippen molar-refractivity contribution in [2.24, 2.45) is 23.7 Å². The van der Waals surface area contributed by atoms with E-state index in [0.29, 0.717) is 22.0 Å². The van der Waals surface area contributed by atoms with Crippen molar-refractivity contribution < 1.29 is 23.9 Å². The van der Waals surface area contributed by atoms with Crippen molar-refractivity contribution in [3.05, 3.63) is 59.1 Å². The van der Waals surface area contributed by atoms with E-state index < -0.39 is 6.10 Å². The van der Waals surface area contributed by atoms with Gasteiger partial charge in [-0.05, 0) is 74.2 Å². The van der Waals surface area contributed by atoms with Crippen LogP contribution in [0, 0.1) is 23.7 Å². The highest BCUT2D eigenvalue weighted by Crippen LogP contribution is 2.57. The summed E-state index contributed by atoms with van der Waals surface area (Å²) in [6.45, 7) is 1.69. The predicted octanol–water partition coefficient (Wildman–Crippen LogP) is 4.13. The number of fused-ring (bicyclic) bond motifs is 1. The summed E-state index contributed by atoms with van der Waals surface area (Å²) in [5, 5.41) is 3.49. The largest absolute Gasteiger partial charge is 0.483 e. The molecular weight excluding hydrogens is 418 g/mol. The van der Waals surface area contributed by atoms with E-state index in [1.165, 1.54) is 0 Å². The standard InChI is InChI=1S/C24H22ClNO5/c1-12(22(27)13-2-4-15(25)5-3-13)30-17-8-6-16(7-9-17)26-23(28)20-14-10-18-19(11-14)31-24(29)21(18)20/h2-9,12,14,18-21H,10-11H2,1H3,(H,26,28)/t12-,14+,18-,19-,20+,21+/m0/s1. The molecule has 2 bridgehead atoms. The van der Waals surface area contributed by atoms with Gasteiger partial charge in [0, 0.05) is 22.2 Å². The summed E-state index contributed by atoms with van der Waals surface area (Å²) in [6, 6.07) is 13.6. The van der Waals surface area contributed by atoms with E-state index in [9.17, 15) is 14.4 Å². The third-order valence-corrected chi connectivity index (χ3v) is 6.97. The number of hydrogen-bond acceptors (Lipinski definition) is 5. The first-order chi connectivity index (χ1) is 14.9. The third-order valence-electron chi connectivity index (χ3n) is 6.72. The minimum absolute atomic E-state index is 0.0144. The number of amides is 1. The van der Waals surface area contributed by atoms with Gasteiger partial charge >= 0.3 is 5.97 Å². The molecule has 2 saturated carbocycles. The predicted molar refractivity (Wildman–Crippen MR) is 114 cm³/mol. The Labute approximate surface area is 184 Å². The minimum atomic E-state index is -0.669. The van der Waals surface area contributed by atoms with Gasteiger partial charge in [0.15, 0.2) is 6.10 Å². The van der Waals surface area contributed by atoms with Crippen molar-refractivity contribution in [3.63, 3.8) is 0 Å². The summed E-state index contributed by atoms with van der Waals surface area (Å²) in [5.74, 6) is -0.178. The number of anilines is 1. The number of esters is 1. The van der Waals surface area contributed by atoms with Crippen LogP contribution in [0.3, 0.4) is 0 Å². The molecular formula is C24H22ClNO5. The molecule has 3 aliphatic rings. The maximum Gasteiger partial charge on any atom is 0.310 e. The van der Waals surface area contributed by atoms with Gasteiger partial charge < -0.3 is 14.8 Å². The lowest BCUT2D eigenvalue weighted by Crippen LogP contribution is -2.35. The Bertz CT molecular complexity index is 1030. The van der Waals surface area contributed by atoms with E-state index in [2.05, 4.69) is 5.32 Å². The van der Waals surface area contributed by atoms with Crippen LogP contribution >= 0.6 is 11.6 Å². The first kappa shape index (κ1) is 20.1. The first-order valence-electron chi connectivity index (χ1n) is 10.5. The Morgan fingerprint density at radius 3 is 2.52 bits per heavy atom. The maximum absolute atomic E-state index is 12.9. The van der Waals surface area contributed by atoms with Crippen LogP contribution in [0.1, 0.15) is 30.1 Å². The lowest BCUT2D eigenvalue weighted by Gasteiger charge is -2.23. The van der Waals surface area contributed by atoms with E-state index >= 15 is 0 Å². The second kappa shape index (κ2) is 7.68. The molecule has 0 unspecified atom stereocenters. The minimum Gasteiger partial charge on any atom is -0.483 e. The Morgan fingerprint density at radius 2 is 1.81 bits per heavy atom. The third kappa shape index (κ3) is 3.59. The molecule has 0 aromatic heterocycles. The quantitative estimate of drug-likeness (QED) is 0.540. The topological polar surface area (TPSA) is 81.7 Å². The number of halogens is 1. The van der Waals surface area contributed by atoms with Crippen molar-refractivity contribution in [1.82, 2.24) is 0 Å². The molecule has 2 aromatic rings. The van der Waals surface area contributed by atoms with E-state index in [4.69, 9.17) is 21.1 Å². The van der Waals surface area contributed by atoms with Crippen LogP contribution in [0.25, 0.3) is 0 Å². The maximum atomic E-state index is 12.9. The zero-order chi connectivity index (χ0) is 21.7. The molecule has 7 heteroatoms. The fourth-order valence-electron chi connectivity index (χ4n) is 5.31. The van der Waals surface area contributed by atoms with E-state index in [1.54, 1.807) is 55.5 Å². The van der Waals surface area contributed by atoms with Gasteiger partial charge in [-0.3, -0.25) is 14.4 Å². The lowest BCUT2D eigenvalue weighted by molar-refractivity contribution is -0.145. The van der Waals surface area contributed by atoms with Crippen molar-refractivity contribution in [1.29, 1.82) is 0 Å². The molecule has 1 aliphatic heterocycles. The van der Waals surface area contributed by atoms with Gasteiger partial charge in [-0.2, -0.15) is 0 Å². The SMILES string of the molecule is C[C@H](Oc1ccc(NC(=O)[C@@H]2[C@@H]3C[C@@H]4[C@H]2C(=O)O[C@H]4C3)cc1)C(=O)c1ccc(Cl)cc1. The second-order valence-electron chi connectivity index (χ2n) is 8.57. The summed E-state index contributed by atoms with van der Waals surface area (Å²) in [7, 11) is 0. The Kier molecular flexibility index (Phi) is 4.97. The average Bonchev–Trinajstić information content (AvgIpc) is 3.38. The van der Waals surface area contributed by atoms with Crippen LogP contribution < -0.4 is 10.1 Å². The molecule has 1 amide bonds. The van der Waals surface area contributed by atoms with E-state index in [1.807, 2.05) is 0 Å². The van der Waals surface area contributed by atoms with Gasteiger partial charge in [0.1, 0.15) is 11.9 Å². The monoisotopic (exact) mass is 439 g/mol. The molecule has 3 fully saturated rings. The van der Waals surface area contributed by atoms with Gasteiger partial charge in [0.05, 0.1) is 11.8 Å². The fourth-order valence-corrected chi connectivity index (χ4v) is 5.44. The van der Waals surface area contributed by atoms with E-state index in [0.717, 1.165) is 12.8 Å². The van der Waals surface area contributed by atoms with Crippen LogP contribution in [0.15, 0.2) is 48.5 Å². The van der Waals surface area contributed by atoms with Crippen LogP contribution in [0.5, 0.6) is 5.75 Å². The summed E-state index contributed by atoms with van der Waals surface area (Å²) >= 11 is 5.87. The number of rotatable bonds is 6. The fraction of sp³-hybridized carbons (Fsp3) is 0.375. The molecule has 2 aromatic carbocycles. The molecule has 1 N–H and O–H groups in total.